The first kappa shape index (κ1) is 18.7. The lowest BCUT2D eigenvalue weighted by Gasteiger charge is -2.20. The van der Waals surface area contributed by atoms with Crippen LogP contribution in [0.3, 0.4) is 0 Å². The van der Waals surface area contributed by atoms with Crippen LogP contribution in [0.15, 0.2) is 29.4 Å². The zero-order valence-corrected chi connectivity index (χ0v) is 13.3. The molecule has 1 heterocycles. The molecule has 2 aromatic rings. The Morgan fingerprint density at radius 1 is 1.12 bits per heavy atom. The van der Waals surface area contributed by atoms with E-state index >= 15 is 0 Å². The van der Waals surface area contributed by atoms with Crippen LogP contribution in [0, 0.1) is 0 Å². The second-order valence-corrected chi connectivity index (χ2v) is 6.60. The summed E-state index contributed by atoms with van der Waals surface area (Å²) >= 11 is -2.04. The summed E-state index contributed by atoms with van der Waals surface area (Å²) in [5, 5.41) is 0. The van der Waals surface area contributed by atoms with E-state index in [1.54, 1.807) is 0 Å². The van der Waals surface area contributed by atoms with E-state index in [1.165, 1.54) is 30.9 Å². The molecular weight excluding hydrogens is 358 g/mol. The smallest absolute Gasteiger partial charge is 0.417 e. The van der Waals surface area contributed by atoms with Crippen molar-refractivity contribution in [3.63, 3.8) is 0 Å². The number of rotatable bonds is 3. The van der Waals surface area contributed by atoms with E-state index in [0.29, 0.717) is 6.07 Å². The van der Waals surface area contributed by atoms with E-state index in [9.17, 15) is 30.9 Å². The van der Waals surface area contributed by atoms with Crippen molar-refractivity contribution in [2.75, 3.05) is 5.75 Å². The lowest BCUT2D eigenvalue weighted by atomic mass is 10.0. The molecule has 0 fully saturated rings. The summed E-state index contributed by atoms with van der Waals surface area (Å²) in [5.74, 6) is -0.330. The monoisotopic (exact) mass is 370 g/mol. The molecule has 0 radical (unpaired) electrons. The van der Waals surface area contributed by atoms with Gasteiger partial charge >= 0.3 is 12.4 Å². The summed E-state index contributed by atoms with van der Waals surface area (Å²) in [5.41, 5.74) is -3.60. The fraction of sp³-hybridized carbons (Fsp3) is 0.357. The fourth-order valence-electron chi connectivity index (χ4n) is 2.17. The summed E-state index contributed by atoms with van der Waals surface area (Å²) in [6, 6.07) is 0.527. The maximum absolute atomic E-state index is 13.4. The van der Waals surface area contributed by atoms with E-state index in [0.717, 1.165) is 0 Å². The van der Waals surface area contributed by atoms with Crippen LogP contribution in [0.4, 0.5) is 26.3 Å². The third kappa shape index (κ3) is 3.54. The van der Waals surface area contributed by atoms with Crippen LogP contribution in [0.2, 0.25) is 0 Å². The van der Waals surface area contributed by atoms with Crippen molar-refractivity contribution in [1.29, 1.82) is 0 Å². The Kier molecular flexibility index (Phi) is 4.91. The van der Waals surface area contributed by atoms with Gasteiger partial charge in [0.1, 0.15) is 11.6 Å². The van der Waals surface area contributed by atoms with Gasteiger partial charge in [-0.05, 0) is 24.2 Å². The molecule has 132 valence electrons. The Bertz CT molecular complexity index is 738. The van der Waals surface area contributed by atoms with Crippen molar-refractivity contribution in [2.24, 2.45) is 7.05 Å². The standard InChI is InChI=1S/C14H12F6N2OS/c1-3-24(23)10-7-8(13(15,16)17)6-9(14(18,19)20)11(10)12-21-4-5-22(12)2/h4-7H,3H2,1-2H3. The number of nitrogens with zero attached hydrogens (tertiary/aromatic N) is 2. The molecule has 0 saturated heterocycles. The first-order valence-corrected chi connectivity index (χ1v) is 7.97. The van der Waals surface area contributed by atoms with Crippen molar-refractivity contribution in [1.82, 2.24) is 9.55 Å². The second-order valence-electron chi connectivity index (χ2n) is 4.89. The second kappa shape index (κ2) is 6.32. The van der Waals surface area contributed by atoms with E-state index < -0.39 is 45.1 Å². The molecular formula is C14H12F6N2OS. The van der Waals surface area contributed by atoms with Crippen LogP contribution in [0.1, 0.15) is 18.1 Å². The van der Waals surface area contributed by atoms with Crippen LogP contribution >= 0.6 is 0 Å². The lowest BCUT2D eigenvalue weighted by Crippen LogP contribution is -2.18. The third-order valence-corrected chi connectivity index (χ3v) is 4.62. The van der Waals surface area contributed by atoms with Crippen molar-refractivity contribution >= 4 is 11.2 Å². The Morgan fingerprint density at radius 3 is 2.17 bits per heavy atom. The Hall–Kier alpha value is -1.68. The minimum Gasteiger partial charge on any atom is -0.611 e. The van der Waals surface area contributed by atoms with Gasteiger partial charge in [0.15, 0.2) is 4.90 Å². The number of aryl methyl sites for hydroxylation is 1. The van der Waals surface area contributed by atoms with E-state index in [2.05, 4.69) is 4.98 Å². The molecule has 0 aliphatic carbocycles. The Labute approximate surface area is 136 Å². The van der Waals surface area contributed by atoms with Crippen molar-refractivity contribution in [3.8, 4) is 11.4 Å². The summed E-state index contributed by atoms with van der Waals surface area (Å²) < 4.78 is 92.4. The molecule has 24 heavy (non-hydrogen) atoms. The number of alkyl halides is 6. The SMILES string of the molecule is CC[S+]([O-])c1cc(C(F)(F)F)cc(C(F)(F)F)c1-c1nccn1C. The van der Waals surface area contributed by atoms with Crippen LogP contribution in [-0.2, 0) is 30.6 Å². The average Bonchev–Trinajstić information content (AvgIpc) is 2.89. The van der Waals surface area contributed by atoms with Gasteiger partial charge in [0, 0.05) is 25.5 Å². The Balaban J connectivity index is 2.91. The zero-order valence-electron chi connectivity index (χ0n) is 12.5. The number of halogens is 6. The van der Waals surface area contributed by atoms with Crippen LogP contribution in [-0.4, -0.2) is 19.9 Å². The average molecular weight is 370 g/mol. The minimum atomic E-state index is -5.06. The van der Waals surface area contributed by atoms with Gasteiger partial charge in [0.2, 0.25) is 0 Å². The minimum absolute atomic E-state index is 0.0281. The van der Waals surface area contributed by atoms with Gasteiger partial charge in [0.25, 0.3) is 0 Å². The molecule has 0 saturated carbocycles. The quantitative estimate of drug-likeness (QED) is 0.599. The largest absolute Gasteiger partial charge is 0.611 e. The fourth-order valence-corrected chi connectivity index (χ4v) is 3.17. The predicted octanol–water partition coefficient (Wildman–Crippen LogP) is 4.25. The molecule has 2 rings (SSSR count). The summed E-state index contributed by atoms with van der Waals surface area (Å²) in [6.45, 7) is 1.41. The topological polar surface area (TPSA) is 40.9 Å². The highest BCUT2D eigenvalue weighted by molar-refractivity contribution is 7.91. The molecule has 0 bridgehead atoms. The summed E-state index contributed by atoms with van der Waals surface area (Å²) in [6.07, 6.45) is -7.49. The van der Waals surface area contributed by atoms with E-state index in [1.807, 2.05) is 0 Å². The number of benzene rings is 1. The number of hydrogen-bond acceptors (Lipinski definition) is 2. The highest BCUT2D eigenvalue weighted by Gasteiger charge is 2.42. The van der Waals surface area contributed by atoms with E-state index in [-0.39, 0.29) is 17.6 Å². The van der Waals surface area contributed by atoms with Crippen molar-refractivity contribution < 1.29 is 30.9 Å². The maximum atomic E-state index is 13.4. The molecule has 0 spiro atoms. The van der Waals surface area contributed by atoms with Gasteiger partial charge in [-0.25, -0.2) is 4.98 Å². The summed E-state index contributed by atoms with van der Waals surface area (Å²) in [4.78, 5) is 3.24. The van der Waals surface area contributed by atoms with Crippen LogP contribution < -0.4 is 0 Å². The van der Waals surface area contributed by atoms with Gasteiger partial charge in [-0.3, -0.25) is 0 Å². The van der Waals surface area contributed by atoms with Gasteiger partial charge in [-0.1, -0.05) is 0 Å². The molecule has 0 amide bonds. The molecule has 10 heteroatoms. The number of hydrogen-bond donors (Lipinski definition) is 0. The van der Waals surface area contributed by atoms with Crippen molar-refractivity contribution in [2.45, 2.75) is 24.2 Å². The molecule has 1 aromatic heterocycles. The normalized spacial score (nSPS) is 14.0. The van der Waals surface area contributed by atoms with E-state index in [4.69, 9.17) is 0 Å². The van der Waals surface area contributed by atoms with Crippen LogP contribution in [0.25, 0.3) is 11.4 Å². The Morgan fingerprint density at radius 2 is 1.75 bits per heavy atom. The molecule has 1 aromatic carbocycles. The first-order chi connectivity index (χ1) is 11.0. The molecule has 3 nitrogen and oxygen atoms in total. The molecule has 1 atom stereocenters. The number of aromatic nitrogens is 2. The van der Waals surface area contributed by atoms with Gasteiger partial charge in [-0.15, -0.1) is 0 Å². The third-order valence-electron chi connectivity index (χ3n) is 3.29. The molecule has 1 unspecified atom stereocenters. The van der Waals surface area contributed by atoms with Crippen molar-refractivity contribution in [3.05, 3.63) is 35.7 Å². The van der Waals surface area contributed by atoms with Gasteiger partial charge in [0.05, 0.1) is 16.7 Å². The van der Waals surface area contributed by atoms with Crippen LogP contribution in [0.5, 0.6) is 0 Å². The zero-order chi connectivity index (χ0) is 18.3. The lowest BCUT2D eigenvalue weighted by molar-refractivity contribution is -0.143. The molecule has 0 aliphatic rings. The highest BCUT2D eigenvalue weighted by atomic mass is 32.2. The maximum Gasteiger partial charge on any atom is 0.417 e. The predicted molar refractivity (Wildman–Crippen MR) is 75.6 cm³/mol. The summed E-state index contributed by atoms with van der Waals surface area (Å²) in [7, 11) is 1.40. The highest BCUT2D eigenvalue weighted by Crippen LogP contribution is 2.44. The number of imidazole rings is 1. The molecule has 0 N–H and O–H groups in total. The first-order valence-electron chi connectivity index (χ1n) is 6.65. The molecule has 0 aliphatic heterocycles. The van der Waals surface area contributed by atoms with Gasteiger partial charge < -0.3 is 9.12 Å². The van der Waals surface area contributed by atoms with Gasteiger partial charge in [-0.2, -0.15) is 26.3 Å².